The van der Waals surface area contributed by atoms with Crippen molar-refractivity contribution in [2.75, 3.05) is 13.2 Å². The molecule has 5 heteroatoms. The highest BCUT2D eigenvalue weighted by Gasteiger charge is 2.39. The zero-order chi connectivity index (χ0) is 8.54. The summed E-state index contributed by atoms with van der Waals surface area (Å²) in [7, 11) is 0. The van der Waals surface area contributed by atoms with Gasteiger partial charge >= 0.3 is 6.11 Å². The van der Waals surface area contributed by atoms with Crippen molar-refractivity contribution in [3.8, 4) is 0 Å². The van der Waals surface area contributed by atoms with E-state index in [4.69, 9.17) is 0 Å². The molecular formula is C6H9F3O2. The van der Waals surface area contributed by atoms with Crippen molar-refractivity contribution < 1.29 is 22.6 Å². The monoisotopic (exact) mass is 170 g/mol. The van der Waals surface area contributed by atoms with Crippen molar-refractivity contribution in [2.45, 2.75) is 25.3 Å². The standard InChI is InChI=1S/C6H9F3O2/c1-5(7)2-3-10-6(8,9)4-11-5/h2-4H2,1H3. The summed E-state index contributed by atoms with van der Waals surface area (Å²) in [5.41, 5.74) is 0. The van der Waals surface area contributed by atoms with E-state index in [2.05, 4.69) is 9.47 Å². The summed E-state index contributed by atoms with van der Waals surface area (Å²) in [5, 5.41) is 0. The minimum absolute atomic E-state index is 0.164. The van der Waals surface area contributed by atoms with Crippen LogP contribution in [0.1, 0.15) is 13.3 Å². The van der Waals surface area contributed by atoms with Gasteiger partial charge < -0.3 is 9.47 Å². The Morgan fingerprint density at radius 3 is 2.45 bits per heavy atom. The van der Waals surface area contributed by atoms with Crippen LogP contribution < -0.4 is 0 Å². The summed E-state index contributed by atoms with van der Waals surface area (Å²) < 4.78 is 45.7. The Balaban J connectivity index is 2.53. The van der Waals surface area contributed by atoms with Gasteiger partial charge in [0, 0.05) is 6.42 Å². The van der Waals surface area contributed by atoms with Gasteiger partial charge in [-0.2, -0.15) is 8.78 Å². The highest BCUT2D eigenvalue weighted by atomic mass is 19.3. The number of alkyl halides is 3. The van der Waals surface area contributed by atoms with Gasteiger partial charge in [0.1, 0.15) is 6.61 Å². The predicted octanol–water partition coefficient (Wildman–Crippen LogP) is 1.70. The molecular weight excluding hydrogens is 161 g/mol. The van der Waals surface area contributed by atoms with Gasteiger partial charge in [0.15, 0.2) is 0 Å². The molecule has 0 aromatic rings. The van der Waals surface area contributed by atoms with Crippen molar-refractivity contribution in [1.82, 2.24) is 0 Å². The smallest absolute Gasteiger partial charge is 0.337 e. The van der Waals surface area contributed by atoms with Gasteiger partial charge in [0.25, 0.3) is 0 Å². The Kier molecular flexibility index (Phi) is 2.11. The molecule has 1 heterocycles. The van der Waals surface area contributed by atoms with Crippen molar-refractivity contribution in [3.63, 3.8) is 0 Å². The number of hydrogen-bond donors (Lipinski definition) is 0. The second kappa shape index (κ2) is 2.64. The first kappa shape index (κ1) is 8.80. The maximum absolute atomic E-state index is 12.8. The van der Waals surface area contributed by atoms with E-state index >= 15 is 0 Å². The van der Waals surface area contributed by atoms with E-state index in [-0.39, 0.29) is 13.0 Å². The molecule has 66 valence electrons. The Bertz CT molecular complexity index is 131. The fraction of sp³-hybridized carbons (Fsp3) is 1.00. The largest absolute Gasteiger partial charge is 0.379 e. The minimum atomic E-state index is -3.34. The van der Waals surface area contributed by atoms with Gasteiger partial charge in [-0.1, -0.05) is 0 Å². The Morgan fingerprint density at radius 2 is 1.82 bits per heavy atom. The maximum atomic E-state index is 12.8. The average molecular weight is 170 g/mol. The fourth-order valence-corrected chi connectivity index (χ4v) is 0.731. The van der Waals surface area contributed by atoms with E-state index in [1.165, 1.54) is 0 Å². The number of halogens is 3. The lowest BCUT2D eigenvalue weighted by Gasteiger charge is -2.17. The molecule has 11 heavy (non-hydrogen) atoms. The molecule has 1 fully saturated rings. The summed E-state index contributed by atoms with van der Waals surface area (Å²) in [6.45, 7) is -0.224. The fourth-order valence-electron chi connectivity index (χ4n) is 0.731. The quantitative estimate of drug-likeness (QED) is 0.550. The van der Waals surface area contributed by atoms with E-state index in [1.807, 2.05) is 0 Å². The highest BCUT2D eigenvalue weighted by Crippen LogP contribution is 2.27. The van der Waals surface area contributed by atoms with E-state index in [1.54, 1.807) is 0 Å². The van der Waals surface area contributed by atoms with Crippen LogP contribution in [0.25, 0.3) is 0 Å². The lowest BCUT2D eigenvalue weighted by molar-refractivity contribution is -0.263. The molecule has 2 nitrogen and oxygen atoms in total. The van der Waals surface area contributed by atoms with Crippen LogP contribution in [0.15, 0.2) is 0 Å². The lowest BCUT2D eigenvalue weighted by atomic mass is 10.3. The molecule has 1 unspecified atom stereocenters. The van der Waals surface area contributed by atoms with Crippen molar-refractivity contribution in [1.29, 1.82) is 0 Å². The molecule has 1 rings (SSSR count). The van der Waals surface area contributed by atoms with Gasteiger partial charge in [0.05, 0.1) is 6.61 Å². The predicted molar refractivity (Wildman–Crippen MR) is 31.0 cm³/mol. The molecule has 0 aromatic heterocycles. The molecule has 0 spiro atoms. The van der Waals surface area contributed by atoms with Gasteiger partial charge in [-0.05, 0) is 6.92 Å². The Hall–Kier alpha value is -0.290. The molecule has 1 atom stereocenters. The van der Waals surface area contributed by atoms with Crippen LogP contribution >= 0.6 is 0 Å². The van der Waals surface area contributed by atoms with E-state index in [0.29, 0.717) is 0 Å². The molecule has 1 aliphatic rings. The molecule has 0 aliphatic carbocycles. The SMILES string of the molecule is CC1(F)CCOC(F)(F)CO1. The third-order valence-corrected chi connectivity index (χ3v) is 1.40. The lowest BCUT2D eigenvalue weighted by Crippen LogP contribution is -2.28. The van der Waals surface area contributed by atoms with Gasteiger partial charge in [-0.15, -0.1) is 0 Å². The van der Waals surface area contributed by atoms with Crippen LogP contribution in [0.2, 0.25) is 0 Å². The molecule has 1 saturated heterocycles. The first-order valence-corrected chi connectivity index (χ1v) is 3.26. The van der Waals surface area contributed by atoms with E-state index in [0.717, 1.165) is 6.92 Å². The van der Waals surface area contributed by atoms with Crippen LogP contribution in [0, 0.1) is 0 Å². The summed E-state index contributed by atoms with van der Waals surface area (Å²) in [5.74, 6) is -1.99. The summed E-state index contributed by atoms with van der Waals surface area (Å²) in [6, 6.07) is 0. The van der Waals surface area contributed by atoms with Crippen LogP contribution in [-0.4, -0.2) is 25.2 Å². The zero-order valence-corrected chi connectivity index (χ0v) is 6.07. The van der Waals surface area contributed by atoms with Gasteiger partial charge in [0.2, 0.25) is 5.85 Å². The molecule has 0 bridgehead atoms. The minimum Gasteiger partial charge on any atom is -0.337 e. The first-order valence-electron chi connectivity index (χ1n) is 3.26. The third-order valence-electron chi connectivity index (χ3n) is 1.40. The summed E-state index contributed by atoms with van der Waals surface area (Å²) >= 11 is 0. The topological polar surface area (TPSA) is 18.5 Å². The Morgan fingerprint density at radius 1 is 1.18 bits per heavy atom. The van der Waals surface area contributed by atoms with Gasteiger partial charge in [-0.3, -0.25) is 0 Å². The molecule has 0 aromatic carbocycles. The maximum Gasteiger partial charge on any atom is 0.379 e. The number of rotatable bonds is 0. The second-order valence-electron chi connectivity index (χ2n) is 2.63. The van der Waals surface area contributed by atoms with Crippen LogP contribution in [0.4, 0.5) is 13.2 Å². The van der Waals surface area contributed by atoms with E-state index < -0.39 is 18.6 Å². The van der Waals surface area contributed by atoms with Gasteiger partial charge in [-0.25, -0.2) is 4.39 Å². The molecule has 1 aliphatic heterocycles. The van der Waals surface area contributed by atoms with Crippen molar-refractivity contribution in [2.24, 2.45) is 0 Å². The van der Waals surface area contributed by atoms with E-state index in [9.17, 15) is 13.2 Å². The Labute approximate surface area is 62.3 Å². The van der Waals surface area contributed by atoms with Crippen LogP contribution in [0.5, 0.6) is 0 Å². The van der Waals surface area contributed by atoms with Crippen molar-refractivity contribution >= 4 is 0 Å². The molecule has 0 radical (unpaired) electrons. The third kappa shape index (κ3) is 2.67. The number of ether oxygens (including phenoxy) is 2. The zero-order valence-electron chi connectivity index (χ0n) is 6.07. The molecule has 0 N–H and O–H groups in total. The first-order chi connectivity index (χ1) is 4.91. The molecule has 0 saturated carbocycles. The summed E-state index contributed by atoms with van der Waals surface area (Å²) in [6.07, 6.45) is -3.51. The summed E-state index contributed by atoms with van der Waals surface area (Å²) in [4.78, 5) is 0. The normalized spacial score (nSPS) is 38.2. The number of hydrogen-bond acceptors (Lipinski definition) is 2. The van der Waals surface area contributed by atoms with Crippen LogP contribution in [0.3, 0.4) is 0 Å². The van der Waals surface area contributed by atoms with Crippen molar-refractivity contribution in [3.05, 3.63) is 0 Å². The second-order valence-corrected chi connectivity index (χ2v) is 2.63. The van der Waals surface area contributed by atoms with Crippen LogP contribution in [-0.2, 0) is 9.47 Å². The average Bonchev–Trinajstić information content (AvgIpc) is 1.92. The highest BCUT2D eigenvalue weighted by molar-refractivity contribution is 4.66. The molecule has 0 amide bonds.